The number of oxime groups is 2. The fraction of sp³-hybridized carbons (Fsp3) is 0.619. The molecule has 0 saturated heterocycles. The van der Waals surface area contributed by atoms with E-state index >= 15 is 0 Å². The second kappa shape index (κ2) is 10.2. The summed E-state index contributed by atoms with van der Waals surface area (Å²) >= 11 is 0. The maximum Gasteiger partial charge on any atom is 0.170 e. The maximum absolute atomic E-state index is 6.38. The van der Waals surface area contributed by atoms with Crippen LogP contribution in [0, 0.1) is 6.92 Å². The van der Waals surface area contributed by atoms with Crippen molar-refractivity contribution < 1.29 is 9.68 Å². The summed E-state index contributed by atoms with van der Waals surface area (Å²) in [6.07, 6.45) is 0.806. The van der Waals surface area contributed by atoms with E-state index in [0.29, 0.717) is 24.9 Å². The van der Waals surface area contributed by atoms with E-state index in [1.54, 1.807) is 0 Å². The molecule has 0 aliphatic rings. The van der Waals surface area contributed by atoms with Crippen molar-refractivity contribution in [2.45, 2.75) is 73.6 Å². The molecule has 0 fully saturated rings. The van der Waals surface area contributed by atoms with Crippen LogP contribution in [0.2, 0.25) is 0 Å². The number of amidine groups is 2. The van der Waals surface area contributed by atoms with Gasteiger partial charge in [0.25, 0.3) is 0 Å². The summed E-state index contributed by atoms with van der Waals surface area (Å²) in [6.45, 7) is 17.5. The monoisotopic (exact) mass is 376 g/mol. The number of benzene rings is 1. The molecular formula is C21H36N4O2. The Bertz CT molecular complexity index is 707. The molecule has 1 rings (SSSR count). The summed E-state index contributed by atoms with van der Waals surface area (Å²) < 4.78 is 0. The zero-order chi connectivity index (χ0) is 20.7. The van der Waals surface area contributed by atoms with Crippen LogP contribution in [0.15, 0.2) is 10.3 Å². The molecule has 152 valence electrons. The Morgan fingerprint density at radius 1 is 0.815 bits per heavy atom. The minimum Gasteiger partial charge on any atom is -0.394 e. The summed E-state index contributed by atoms with van der Waals surface area (Å²) in [5.74, 6) is 1.29. The fourth-order valence-corrected chi connectivity index (χ4v) is 3.68. The quantitative estimate of drug-likeness (QED) is 0.385. The van der Waals surface area contributed by atoms with E-state index in [9.17, 15) is 0 Å². The van der Waals surface area contributed by atoms with E-state index < -0.39 is 0 Å². The highest BCUT2D eigenvalue weighted by molar-refractivity contribution is 6.06. The number of hydrogen-bond donors (Lipinski definition) is 2. The zero-order valence-corrected chi connectivity index (χ0v) is 18.1. The van der Waals surface area contributed by atoms with E-state index in [4.69, 9.17) is 21.1 Å². The van der Waals surface area contributed by atoms with Gasteiger partial charge in [-0.1, -0.05) is 44.9 Å². The van der Waals surface area contributed by atoms with Gasteiger partial charge in [-0.3, -0.25) is 0 Å². The lowest BCUT2D eigenvalue weighted by atomic mass is 9.78. The smallest absolute Gasteiger partial charge is 0.170 e. The molecule has 0 atom stereocenters. The first kappa shape index (κ1) is 22.8. The van der Waals surface area contributed by atoms with Gasteiger partial charge in [-0.25, -0.2) is 0 Å². The second-order valence-electron chi connectivity index (χ2n) is 7.13. The van der Waals surface area contributed by atoms with Crippen molar-refractivity contribution >= 4 is 11.7 Å². The van der Waals surface area contributed by atoms with E-state index in [1.165, 1.54) is 0 Å². The van der Waals surface area contributed by atoms with E-state index in [1.807, 2.05) is 13.8 Å². The first-order valence-corrected chi connectivity index (χ1v) is 9.83. The average molecular weight is 377 g/mol. The Morgan fingerprint density at radius 3 is 1.63 bits per heavy atom. The Balaban J connectivity index is 4.02. The molecular weight excluding hydrogens is 340 g/mol. The van der Waals surface area contributed by atoms with Crippen LogP contribution >= 0.6 is 0 Å². The lowest BCUT2D eigenvalue weighted by Crippen LogP contribution is -2.27. The van der Waals surface area contributed by atoms with Gasteiger partial charge < -0.3 is 21.1 Å². The predicted octanol–water partition coefficient (Wildman–Crippen LogP) is 4.12. The molecule has 1 aromatic rings. The van der Waals surface area contributed by atoms with Crippen LogP contribution in [0.3, 0.4) is 0 Å². The molecule has 0 amide bonds. The molecule has 0 aliphatic heterocycles. The molecule has 1 aromatic carbocycles. The van der Waals surface area contributed by atoms with Crippen LogP contribution in [0.1, 0.15) is 93.7 Å². The lowest BCUT2D eigenvalue weighted by Gasteiger charge is -2.27. The summed E-state index contributed by atoms with van der Waals surface area (Å²) in [5.41, 5.74) is 19.1. The van der Waals surface area contributed by atoms with Crippen molar-refractivity contribution in [2.75, 3.05) is 13.2 Å². The highest BCUT2D eigenvalue weighted by atomic mass is 16.6. The SMILES string of the molecule is CCO/N=C(\N)c1c(CC)c(C(C)C)c(/C(N)=N/OCC)c(C)c1C(C)C. The molecule has 4 N–H and O–H groups in total. The van der Waals surface area contributed by atoms with Crippen molar-refractivity contribution in [3.05, 3.63) is 33.4 Å². The molecule has 0 radical (unpaired) electrons. The minimum absolute atomic E-state index is 0.237. The van der Waals surface area contributed by atoms with Crippen LogP contribution in [0.5, 0.6) is 0 Å². The molecule has 0 unspecified atom stereocenters. The number of hydrogen-bond acceptors (Lipinski definition) is 4. The van der Waals surface area contributed by atoms with Crippen LogP contribution in [0.4, 0.5) is 0 Å². The van der Waals surface area contributed by atoms with Gasteiger partial charge in [0, 0.05) is 11.1 Å². The normalized spacial score (nSPS) is 12.8. The Morgan fingerprint density at radius 2 is 1.26 bits per heavy atom. The molecule has 27 heavy (non-hydrogen) atoms. The second-order valence-corrected chi connectivity index (χ2v) is 7.13. The molecule has 0 spiro atoms. The highest BCUT2D eigenvalue weighted by Gasteiger charge is 2.27. The van der Waals surface area contributed by atoms with E-state index in [0.717, 1.165) is 39.8 Å². The number of nitrogens with zero attached hydrogens (tertiary/aromatic N) is 2. The zero-order valence-electron chi connectivity index (χ0n) is 18.1. The van der Waals surface area contributed by atoms with Crippen molar-refractivity contribution in [1.82, 2.24) is 0 Å². The molecule has 0 saturated carbocycles. The van der Waals surface area contributed by atoms with Gasteiger partial charge in [0.2, 0.25) is 0 Å². The first-order chi connectivity index (χ1) is 12.7. The average Bonchev–Trinajstić information content (AvgIpc) is 2.62. The van der Waals surface area contributed by atoms with Crippen LogP contribution in [0.25, 0.3) is 0 Å². The minimum atomic E-state index is 0.237. The molecule has 0 heterocycles. The van der Waals surface area contributed by atoms with Crippen molar-refractivity contribution in [3.63, 3.8) is 0 Å². The topological polar surface area (TPSA) is 95.2 Å². The standard InChI is InChI=1S/C21H36N4O2/c1-9-15-17(13(6)7)18(20(22)24-26-10-2)14(8)16(12(4)5)19(15)21(23)25-27-11-3/h12-13H,9-11H2,1-8H3,(H2,22,24)(H2,23,25). The third kappa shape index (κ3) is 4.93. The predicted molar refractivity (Wildman–Crippen MR) is 113 cm³/mol. The molecule has 0 aromatic heterocycles. The van der Waals surface area contributed by atoms with Gasteiger partial charge in [-0.2, -0.15) is 0 Å². The maximum atomic E-state index is 6.38. The molecule has 6 heteroatoms. The van der Waals surface area contributed by atoms with Crippen molar-refractivity contribution in [1.29, 1.82) is 0 Å². The van der Waals surface area contributed by atoms with Crippen LogP contribution < -0.4 is 11.5 Å². The molecule has 6 nitrogen and oxygen atoms in total. The third-order valence-electron chi connectivity index (χ3n) is 4.55. The lowest BCUT2D eigenvalue weighted by molar-refractivity contribution is 0.158. The molecule has 0 bridgehead atoms. The third-order valence-corrected chi connectivity index (χ3v) is 4.55. The number of nitrogens with two attached hydrogens (primary N) is 2. The van der Waals surface area contributed by atoms with Gasteiger partial charge in [0.1, 0.15) is 13.2 Å². The van der Waals surface area contributed by atoms with Crippen molar-refractivity contribution in [3.8, 4) is 0 Å². The van der Waals surface area contributed by atoms with Crippen molar-refractivity contribution in [2.24, 2.45) is 21.8 Å². The van der Waals surface area contributed by atoms with Gasteiger partial charge in [0.05, 0.1) is 0 Å². The summed E-state index contributed by atoms with van der Waals surface area (Å²) in [5, 5.41) is 8.26. The highest BCUT2D eigenvalue weighted by Crippen LogP contribution is 2.36. The van der Waals surface area contributed by atoms with Gasteiger partial charge in [0.15, 0.2) is 11.7 Å². The molecule has 0 aliphatic carbocycles. The van der Waals surface area contributed by atoms with E-state index in [2.05, 4.69) is 51.9 Å². The van der Waals surface area contributed by atoms with E-state index in [-0.39, 0.29) is 11.8 Å². The summed E-state index contributed by atoms with van der Waals surface area (Å²) in [6, 6.07) is 0. The van der Waals surface area contributed by atoms with Crippen LogP contribution in [-0.2, 0) is 16.1 Å². The largest absolute Gasteiger partial charge is 0.394 e. The van der Waals surface area contributed by atoms with Gasteiger partial charge in [-0.15, -0.1) is 0 Å². The fourth-order valence-electron chi connectivity index (χ4n) is 3.68. The Kier molecular flexibility index (Phi) is 8.60. The van der Waals surface area contributed by atoms with Gasteiger partial charge in [-0.05, 0) is 61.3 Å². The Labute approximate surface area is 164 Å². The number of rotatable bonds is 9. The van der Waals surface area contributed by atoms with Crippen LogP contribution in [-0.4, -0.2) is 24.9 Å². The Hall–Kier alpha value is -2.24. The summed E-state index contributed by atoms with van der Waals surface area (Å²) in [4.78, 5) is 10.5. The summed E-state index contributed by atoms with van der Waals surface area (Å²) in [7, 11) is 0. The first-order valence-electron chi connectivity index (χ1n) is 9.83. The van der Waals surface area contributed by atoms with Gasteiger partial charge >= 0.3 is 0 Å².